The van der Waals surface area contributed by atoms with E-state index in [0.29, 0.717) is 23.5 Å². The van der Waals surface area contributed by atoms with E-state index in [2.05, 4.69) is 16.9 Å². The molecule has 0 amide bonds. The summed E-state index contributed by atoms with van der Waals surface area (Å²) in [5, 5.41) is 21.3. The van der Waals surface area contributed by atoms with Gasteiger partial charge in [0.25, 0.3) is 0 Å². The quantitative estimate of drug-likeness (QED) is 0.810. The molecule has 5 nitrogen and oxygen atoms in total. The maximum absolute atomic E-state index is 11.5. The second kappa shape index (κ2) is 6.72. The first kappa shape index (κ1) is 16.0. The highest BCUT2D eigenvalue weighted by Crippen LogP contribution is 2.30. The van der Waals surface area contributed by atoms with Crippen molar-refractivity contribution < 1.29 is 10.2 Å². The second-order valence-electron chi connectivity index (χ2n) is 6.53. The number of aromatic hydroxyl groups is 1. The van der Waals surface area contributed by atoms with Crippen LogP contribution in [-0.4, -0.2) is 39.7 Å². The van der Waals surface area contributed by atoms with Crippen molar-refractivity contribution in [1.29, 1.82) is 0 Å². The second-order valence-corrected chi connectivity index (χ2v) is 6.53. The zero-order valence-corrected chi connectivity index (χ0v) is 13.5. The first-order valence-electron chi connectivity index (χ1n) is 8.29. The van der Waals surface area contributed by atoms with Crippen LogP contribution in [0, 0.1) is 0 Å². The van der Waals surface area contributed by atoms with E-state index in [0.717, 1.165) is 5.56 Å². The highest BCUT2D eigenvalue weighted by atomic mass is 16.3. The summed E-state index contributed by atoms with van der Waals surface area (Å²) >= 11 is 0. The van der Waals surface area contributed by atoms with Crippen LogP contribution >= 0.6 is 0 Å². The number of aliphatic hydroxyl groups is 1. The summed E-state index contributed by atoms with van der Waals surface area (Å²) in [6, 6.07) is 6.87. The molecule has 1 heterocycles. The fourth-order valence-electron chi connectivity index (χ4n) is 3.59. The molecule has 1 aromatic heterocycles. The van der Waals surface area contributed by atoms with Gasteiger partial charge in [-0.1, -0.05) is 25.3 Å². The number of likely N-dealkylation sites (N-methyl/N-ethyl adjacent to an activating group) is 1. The van der Waals surface area contributed by atoms with Crippen molar-refractivity contribution >= 4 is 10.9 Å². The first-order chi connectivity index (χ1) is 11.1. The van der Waals surface area contributed by atoms with E-state index in [1.54, 1.807) is 12.1 Å². The smallest absolute Gasteiger partial charge is 0.248 e. The number of aliphatic hydroxyl groups excluding tert-OH is 1. The molecular formula is C18H24N2O3. The fraction of sp³-hybridized carbons (Fsp3) is 0.500. The van der Waals surface area contributed by atoms with Crippen molar-refractivity contribution in [3.05, 3.63) is 40.2 Å². The van der Waals surface area contributed by atoms with Crippen LogP contribution < -0.4 is 5.56 Å². The third-order valence-electron chi connectivity index (χ3n) is 4.92. The maximum atomic E-state index is 11.5. The molecule has 0 bridgehead atoms. The summed E-state index contributed by atoms with van der Waals surface area (Å²) in [5.41, 5.74) is 0.852. The molecule has 0 saturated heterocycles. The largest absolute Gasteiger partial charge is 0.506 e. The van der Waals surface area contributed by atoms with Crippen LogP contribution in [0.25, 0.3) is 10.9 Å². The first-order valence-corrected chi connectivity index (χ1v) is 8.29. The molecule has 1 aliphatic rings. The van der Waals surface area contributed by atoms with Gasteiger partial charge in [0.2, 0.25) is 5.56 Å². The molecule has 0 aliphatic heterocycles. The lowest BCUT2D eigenvalue weighted by atomic mass is 9.94. The Kier molecular flexibility index (Phi) is 4.68. The maximum Gasteiger partial charge on any atom is 0.248 e. The fourth-order valence-corrected chi connectivity index (χ4v) is 3.59. The molecule has 5 heteroatoms. The summed E-state index contributed by atoms with van der Waals surface area (Å²) in [4.78, 5) is 16.3. The van der Waals surface area contributed by atoms with E-state index in [9.17, 15) is 15.0 Å². The Hall–Kier alpha value is -1.85. The Labute approximate surface area is 135 Å². The molecule has 1 aromatic carbocycles. The SMILES string of the molecule is CN(CC(O)c1ccc(O)c2[nH]c(=O)ccc12)C1CCCCC1. The van der Waals surface area contributed by atoms with Gasteiger partial charge in [0.05, 0.1) is 11.6 Å². The molecule has 1 unspecified atom stereocenters. The minimum absolute atomic E-state index is 0.0225. The normalized spacial score (nSPS) is 17.7. The lowest BCUT2D eigenvalue weighted by Crippen LogP contribution is -2.36. The van der Waals surface area contributed by atoms with Crippen LogP contribution in [0.15, 0.2) is 29.1 Å². The summed E-state index contributed by atoms with van der Waals surface area (Å²) in [6.07, 6.45) is 5.54. The van der Waals surface area contributed by atoms with Crippen molar-refractivity contribution in [1.82, 2.24) is 9.88 Å². The minimum Gasteiger partial charge on any atom is -0.506 e. The molecule has 0 radical (unpaired) electrons. The van der Waals surface area contributed by atoms with Gasteiger partial charge in [-0.3, -0.25) is 4.79 Å². The van der Waals surface area contributed by atoms with Gasteiger partial charge in [-0.25, -0.2) is 0 Å². The van der Waals surface area contributed by atoms with Gasteiger partial charge in [-0.15, -0.1) is 0 Å². The van der Waals surface area contributed by atoms with Crippen molar-refractivity contribution in [2.24, 2.45) is 0 Å². The van der Waals surface area contributed by atoms with Crippen molar-refractivity contribution in [3.8, 4) is 5.75 Å². The lowest BCUT2D eigenvalue weighted by Gasteiger charge is -2.32. The molecule has 3 N–H and O–H groups in total. The summed E-state index contributed by atoms with van der Waals surface area (Å²) < 4.78 is 0. The highest BCUT2D eigenvalue weighted by Gasteiger charge is 2.22. The van der Waals surface area contributed by atoms with Crippen molar-refractivity contribution in [2.45, 2.75) is 44.2 Å². The van der Waals surface area contributed by atoms with Crippen LogP contribution in [-0.2, 0) is 0 Å². The summed E-state index contributed by atoms with van der Waals surface area (Å²) in [7, 11) is 2.06. The standard InChI is InChI=1S/C18H24N2O3/c1-20(12-5-3-2-4-6-12)11-16(22)13-7-9-15(21)18-14(13)8-10-17(23)19-18/h7-10,12,16,21-22H,2-6,11H2,1H3,(H,19,23). The number of H-pyrrole nitrogens is 1. The monoisotopic (exact) mass is 316 g/mol. The van der Waals surface area contributed by atoms with Crippen molar-refractivity contribution in [2.75, 3.05) is 13.6 Å². The van der Waals surface area contributed by atoms with Gasteiger partial charge in [0.15, 0.2) is 0 Å². The van der Waals surface area contributed by atoms with Gasteiger partial charge < -0.3 is 20.1 Å². The number of hydrogen-bond acceptors (Lipinski definition) is 4. The Balaban J connectivity index is 1.84. The number of pyridine rings is 1. The number of fused-ring (bicyclic) bond motifs is 1. The molecule has 23 heavy (non-hydrogen) atoms. The summed E-state index contributed by atoms with van der Waals surface area (Å²) in [5.74, 6) is 0.0225. The third kappa shape index (κ3) is 3.41. The van der Waals surface area contributed by atoms with Crippen molar-refractivity contribution in [3.63, 3.8) is 0 Å². The number of phenols is 1. The zero-order chi connectivity index (χ0) is 16.4. The number of aromatic amines is 1. The number of benzene rings is 1. The van der Waals surface area contributed by atoms with Gasteiger partial charge >= 0.3 is 0 Å². The molecule has 2 aromatic rings. The number of hydrogen-bond donors (Lipinski definition) is 3. The van der Waals surface area contributed by atoms with Crippen LogP contribution in [0.5, 0.6) is 5.75 Å². The molecular weight excluding hydrogens is 292 g/mol. The Bertz CT molecular complexity index is 735. The third-order valence-corrected chi connectivity index (χ3v) is 4.92. The van der Waals surface area contributed by atoms with Gasteiger partial charge in [0, 0.05) is 24.0 Å². The Morgan fingerprint density at radius 1 is 1.22 bits per heavy atom. The van der Waals surface area contributed by atoms with E-state index in [4.69, 9.17) is 0 Å². The van der Waals surface area contributed by atoms with E-state index < -0.39 is 6.10 Å². The van der Waals surface area contributed by atoms with E-state index in [-0.39, 0.29) is 11.3 Å². The van der Waals surface area contributed by atoms with Crippen LogP contribution in [0.1, 0.15) is 43.8 Å². The zero-order valence-electron chi connectivity index (χ0n) is 13.5. The topological polar surface area (TPSA) is 76.6 Å². The average molecular weight is 316 g/mol. The summed E-state index contributed by atoms with van der Waals surface area (Å²) in [6.45, 7) is 0.545. The van der Waals surface area contributed by atoms with Gasteiger partial charge in [-0.2, -0.15) is 0 Å². The van der Waals surface area contributed by atoms with E-state index in [1.807, 2.05) is 0 Å². The highest BCUT2D eigenvalue weighted by molar-refractivity contribution is 5.87. The predicted octanol–water partition coefficient (Wildman–Crippen LogP) is 2.53. The van der Waals surface area contributed by atoms with Gasteiger partial charge in [0.1, 0.15) is 5.75 Å². The van der Waals surface area contributed by atoms with Crippen LogP contribution in [0.4, 0.5) is 0 Å². The number of rotatable bonds is 4. The average Bonchev–Trinajstić information content (AvgIpc) is 2.56. The van der Waals surface area contributed by atoms with E-state index >= 15 is 0 Å². The van der Waals surface area contributed by atoms with Crippen LogP contribution in [0.2, 0.25) is 0 Å². The number of nitrogens with zero attached hydrogens (tertiary/aromatic N) is 1. The minimum atomic E-state index is -0.657. The number of nitrogens with one attached hydrogen (secondary N) is 1. The van der Waals surface area contributed by atoms with E-state index in [1.165, 1.54) is 44.2 Å². The number of aromatic nitrogens is 1. The van der Waals surface area contributed by atoms with Crippen LogP contribution in [0.3, 0.4) is 0 Å². The van der Waals surface area contributed by atoms with Gasteiger partial charge in [-0.05, 0) is 37.6 Å². The predicted molar refractivity (Wildman–Crippen MR) is 90.7 cm³/mol. The molecule has 3 rings (SSSR count). The molecule has 1 aliphatic carbocycles. The molecule has 1 saturated carbocycles. The molecule has 0 spiro atoms. The number of phenolic OH excluding ortho intramolecular Hbond substituents is 1. The molecule has 1 atom stereocenters. The lowest BCUT2D eigenvalue weighted by molar-refractivity contribution is 0.0922. The Morgan fingerprint density at radius 3 is 2.70 bits per heavy atom. The Morgan fingerprint density at radius 2 is 1.96 bits per heavy atom. The molecule has 124 valence electrons. The molecule has 1 fully saturated rings.